The maximum absolute atomic E-state index is 14.9. The summed E-state index contributed by atoms with van der Waals surface area (Å²) < 4.78 is 93.9. The third kappa shape index (κ3) is 7.32. The molecular formula is C26H32F5N7O3S. The molecule has 1 aliphatic rings. The summed E-state index contributed by atoms with van der Waals surface area (Å²) in [7, 11) is -0.615. The molecule has 2 N–H and O–H groups in total. The SMILES string of the molecule is CC(C)n1c(=O)c(-c2cc(F)c(NS(=O)(=O)CCC(F)(F)F)c(F)c2)nc2cnc(N[C@H]3CC[C@H](N(C)C)CC3)nc21. The van der Waals surface area contributed by atoms with Crippen LogP contribution < -0.4 is 15.6 Å². The first-order valence-corrected chi connectivity index (χ1v) is 15.0. The lowest BCUT2D eigenvalue weighted by molar-refractivity contribution is -0.129. The molecule has 16 heteroatoms. The minimum Gasteiger partial charge on any atom is -0.351 e. The van der Waals surface area contributed by atoms with Crippen LogP contribution in [0.25, 0.3) is 22.4 Å². The van der Waals surface area contributed by atoms with Crippen LogP contribution in [0.5, 0.6) is 0 Å². The van der Waals surface area contributed by atoms with Gasteiger partial charge in [-0.25, -0.2) is 27.2 Å². The molecule has 0 amide bonds. The molecule has 1 saturated carbocycles. The van der Waals surface area contributed by atoms with Crippen LogP contribution in [0.3, 0.4) is 0 Å². The van der Waals surface area contributed by atoms with Gasteiger partial charge >= 0.3 is 6.18 Å². The van der Waals surface area contributed by atoms with E-state index in [0.717, 1.165) is 25.7 Å². The molecular weight excluding hydrogens is 585 g/mol. The van der Waals surface area contributed by atoms with E-state index < -0.39 is 57.3 Å². The number of rotatable bonds is 9. The molecule has 1 aromatic carbocycles. The lowest BCUT2D eigenvalue weighted by Gasteiger charge is -2.32. The fourth-order valence-corrected chi connectivity index (χ4v) is 6.03. The van der Waals surface area contributed by atoms with Crippen molar-refractivity contribution in [3.05, 3.63) is 40.3 Å². The first-order valence-electron chi connectivity index (χ1n) is 13.3. The van der Waals surface area contributed by atoms with Crippen LogP contribution in [0.4, 0.5) is 33.6 Å². The Balaban J connectivity index is 1.65. The smallest absolute Gasteiger partial charge is 0.351 e. The van der Waals surface area contributed by atoms with E-state index in [-0.39, 0.29) is 28.5 Å². The Kier molecular flexibility index (Phi) is 9.06. The molecule has 0 unspecified atom stereocenters. The number of halogens is 5. The number of hydrogen-bond acceptors (Lipinski definition) is 8. The van der Waals surface area contributed by atoms with E-state index >= 15 is 0 Å². The van der Waals surface area contributed by atoms with Crippen molar-refractivity contribution in [3.63, 3.8) is 0 Å². The van der Waals surface area contributed by atoms with Crippen LogP contribution in [0.15, 0.2) is 23.1 Å². The summed E-state index contributed by atoms with van der Waals surface area (Å²) in [5, 5.41) is 3.32. The molecule has 1 fully saturated rings. The van der Waals surface area contributed by atoms with E-state index in [1.54, 1.807) is 13.8 Å². The molecule has 0 saturated heterocycles. The molecule has 4 rings (SSSR count). The van der Waals surface area contributed by atoms with E-state index in [4.69, 9.17) is 0 Å². The molecule has 1 aliphatic carbocycles. The third-order valence-electron chi connectivity index (χ3n) is 7.14. The summed E-state index contributed by atoms with van der Waals surface area (Å²) in [4.78, 5) is 28.8. The van der Waals surface area contributed by atoms with Gasteiger partial charge in [-0.3, -0.25) is 14.1 Å². The van der Waals surface area contributed by atoms with Crippen LogP contribution in [0.1, 0.15) is 52.0 Å². The van der Waals surface area contributed by atoms with Gasteiger partial charge in [-0.15, -0.1) is 0 Å². The van der Waals surface area contributed by atoms with Gasteiger partial charge in [0.05, 0.1) is 18.4 Å². The Hall–Kier alpha value is -3.40. The van der Waals surface area contributed by atoms with Crippen LogP contribution in [0.2, 0.25) is 0 Å². The second kappa shape index (κ2) is 12.1. The van der Waals surface area contributed by atoms with Crippen molar-refractivity contribution in [2.24, 2.45) is 0 Å². The summed E-state index contributed by atoms with van der Waals surface area (Å²) in [5.74, 6) is -3.97. The van der Waals surface area contributed by atoms with Crippen molar-refractivity contribution in [3.8, 4) is 11.3 Å². The van der Waals surface area contributed by atoms with Crippen molar-refractivity contribution >= 4 is 32.8 Å². The summed E-state index contributed by atoms with van der Waals surface area (Å²) in [6.45, 7) is 3.45. The molecule has 2 aromatic heterocycles. The molecule has 0 bridgehead atoms. The first-order chi connectivity index (χ1) is 19.5. The number of fused-ring (bicyclic) bond motifs is 1. The number of benzene rings is 1. The molecule has 10 nitrogen and oxygen atoms in total. The van der Waals surface area contributed by atoms with Gasteiger partial charge in [0.25, 0.3) is 5.56 Å². The van der Waals surface area contributed by atoms with Crippen molar-refractivity contribution in [1.82, 2.24) is 24.4 Å². The zero-order valence-corrected chi connectivity index (χ0v) is 24.3. The maximum Gasteiger partial charge on any atom is 0.390 e. The molecule has 0 radical (unpaired) electrons. The molecule has 0 aliphatic heterocycles. The number of hydrogen-bond donors (Lipinski definition) is 2. The molecule has 230 valence electrons. The third-order valence-corrected chi connectivity index (χ3v) is 8.39. The summed E-state index contributed by atoms with van der Waals surface area (Å²) >= 11 is 0. The van der Waals surface area contributed by atoms with Crippen LogP contribution >= 0.6 is 0 Å². The highest BCUT2D eigenvalue weighted by Gasteiger charge is 2.31. The lowest BCUT2D eigenvalue weighted by Crippen LogP contribution is -2.36. The Morgan fingerprint density at radius 1 is 1.07 bits per heavy atom. The monoisotopic (exact) mass is 617 g/mol. The molecule has 3 aromatic rings. The van der Waals surface area contributed by atoms with E-state index in [9.17, 15) is 35.2 Å². The molecule has 0 atom stereocenters. The summed E-state index contributed by atoms with van der Waals surface area (Å²) in [6.07, 6.45) is -1.21. The average molecular weight is 618 g/mol. The molecule has 2 heterocycles. The number of aromatic nitrogens is 4. The predicted octanol–water partition coefficient (Wildman–Crippen LogP) is 4.69. The highest BCUT2D eigenvalue weighted by molar-refractivity contribution is 7.92. The Bertz CT molecular complexity index is 1600. The first kappa shape index (κ1) is 31.5. The van der Waals surface area contributed by atoms with E-state index in [2.05, 4.69) is 39.3 Å². The van der Waals surface area contributed by atoms with Crippen LogP contribution in [0, 0.1) is 11.6 Å². The van der Waals surface area contributed by atoms with Crippen molar-refractivity contribution in [2.45, 2.75) is 70.3 Å². The zero-order valence-electron chi connectivity index (χ0n) is 23.5. The fraction of sp³-hybridized carbons (Fsp3) is 0.538. The Labute approximate surface area is 239 Å². The van der Waals surface area contributed by atoms with Crippen molar-refractivity contribution in [1.29, 1.82) is 0 Å². The minimum absolute atomic E-state index is 0.153. The van der Waals surface area contributed by atoms with Crippen LogP contribution in [-0.4, -0.2) is 70.9 Å². The lowest BCUT2D eigenvalue weighted by atomic mass is 9.91. The standard InChI is InChI=1S/C26H32F5N7O3S/c1-14(2)38-23-20(13-32-25(35-23)33-16-5-7-17(8-6-16)37(3)4)34-21(24(38)39)15-11-18(27)22(19(28)12-15)36-42(40,41)10-9-26(29,30)31/h11-14,16-17,36H,5-10H2,1-4H3,(H,32,33,35)/t16-,17-. The van der Waals surface area contributed by atoms with E-state index in [1.165, 1.54) is 15.5 Å². The quantitative estimate of drug-likeness (QED) is 0.332. The number of alkyl halides is 3. The maximum atomic E-state index is 14.9. The van der Waals surface area contributed by atoms with Gasteiger partial charge in [0.15, 0.2) is 17.3 Å². The van der Waals surface area contributed by atoms with Gasteiger partial charge in [0.1, 0.15) is 16.9 Å². The van der Waals surface area contributed by atoms with Gasteiger partial charge < -0.3 is 10.2 Å². The average Bonchev–Trinajstić information content (AvgIpc) is 2.89. The van der Waals surface area contributed by atoms with E-state index in [0.29, 0.717) is 24.1 Å². The number of nitrogens with one attached hydrogen (secondary N) is 2. The Morgan fingerprint density at radius 3 is 2.24 bits per heavy atom. The highest BCUT2D eigenvalue weighted by Crippen LogP contribution is 2.29. The minimum atomic E-state index is -4.78. The van der Waals surface area contributed by atoms with Crippen molar-refractivity contribution in [2.75, 3.05) is 29.9 Å². The second-order valence-electron chi connectivity index (χ2n) is 10.8. The normalized spacial score (nSPS) is 18.2. The number of anilines is 2. The van der Waals surface area contributed by atoms with Crippen molar-refractivity contribution < 1.29 is 30.4 Å². The second-order valence-corrected chi connectivity index (χ2v) is 12.7. The topological polar surface area (TPSA) is 122 Å². The fourth-order valence-electron chi connectivity index (χ4n) is 4.92. The summed E-state index contributed by atoms with van der Waals surface area (Å²) in [5.41, 5.74) is -2.11. The van der Waals surface area contributed by atoms with Gasteiger partial charge in [0, 0.05) is 23.7 Å². The van der Waals surface area contributed by atoms with Crippen LogP contribution in [-0.2, 0) is 10.0 Å². The van der Waals surface area contributed by atoms with Gasteiger partial charge in [-0.2, -0.15) is 18.2 Å². The molecule has 0 spiro atoms. The largest absolute Gasteiger partial charge is 0.390 e. The number of sulfonamides is 1. The van der Waals surface area contributed by atoms with E-state index in [1.807, 2.05) is 0 Å². The van der Waals surface area contributed by atoms with Gasteiger partial charge in [-0.05, 0) is 65.8 Å². The number of nitrogens with zero attached hydrogens (tertiary/aromatic N) is 5. The summed E-state index contributed by atoms with van der Waals surface area (Å²) in [6, 6.07) is 1.60. The highest BCUT2D eigenvalue weighted by atomic mass is 32.2. The van der Waals surface area contributed by atoms with Gasteiger partial charge in [0.2, 0.25) is 16.0 Å². The zero-order chi connectivity index (χ0) is 31.0. The Morgan fingerprint density at radius 2 is 1.69 bits per heavy atom. The molecule has 42 heavy (non-hydrogen) atoms. The predicted molar refractivity (Wildman–Crippen MR) is 149 cm³/mol. The van der Waals surface area contributed by atoms with Gasteiger partial charge in [-0.1, -0.05) is 0 Å².